The third kappa shape index (κ3) is 2.42. The molecule has 0 aliphatic rings. The van der Waals surface area contributed by atoms with E-state index in [0.29, 0.717) is 13.2 Å². The smallest absolute Gasteiger partial charge is 0.122 e. The van der Waals surface area contributed by atoms with Gasteiger partial charge in [0, 0.05) is 22.2 Å². The minimum Gasteiger partial charge on any atom is -0.489 e. The second kappa shape index (κ2) is 5.65. The molecule has 3 heteroatoms. The van der Waals surface area contributed by atoms with Crippen LogP contribution in [0.3, 0.4) is 0 Å². The molecule has 20 heavy (non-hydrogen) atoms. The highest BCUT2D eigenvalue weighted by atomic mass is 32.1. The fourth-order valence-electron chi connectivity index (χ4n) is 2.38. The number of rotatable bonds is 4. The Balaban J connectivity index is 1.90. The van der Waals surface area contributed by atoms with Crippen molar-refractivity contribution < 1.29 is 4.74 Å². The number of hydrogen-bond donors (Lipinski definition) is 1. The van der Waals surface area contributed by atoms with Gasteiger partial charge in [0.1, 0.15) is 12.4 Å². The molecule has 1 aromatic heterocycles. The van der Waals surface area contributed by atoms with Crippen molar-refractivity contribution in [2.75, 3.05) is 0 Å². The number of benzene rings is 2. The average Bonchev–Trinajstić information content (AvgIpc) is 2.90. The van der Waals surface area contributed by atoms with Gasteiger partial charge in [0.25, 0.3) is 0 Å². The lowest BCUT2D eigenvalue weighted by atomic mass is 10.1. The van der Waals surface area contributed by atoms with E-state index in [1.54, 1.807) is 11.3 Å². The van der Waals surface area contributed by atoms with Crippen LogP contribution in [0.5, 0.6) is 5.75 Å². The van der Waals surface area contributed by atoms with Gasteiger partial charge in [-0.2, -0.15) is 0 Å². The molecule has 0 atom stereocenters. The lowest BCUT2D eigenvalue weighted by molar-refractivity contribution is 0.306. The van der Waals surface area contributed by atoms with Crippen molar-refractivity contribution in [3.8, 4) is 5.75 Å². The Morgan fingerprint density at radius 1 is 1.05 bits per heavy atom. The van der Waals surface area contributed by atoms with Crippen molar-refractivity contribution in [1.29, 1.82) is 0 Å². The molecule has 0 amide bonds. The fraction of sp³-hybridized carbons (Fsp3) is 0.176. The lowest BCUT2D eigenvalue weighted by Crippen LogP contribution is -2.00. The minimum absolute atomic E-state index is 0.561. The van der Waals surface area contributed by atoms with Crippen LogP contribution in [0, 0.1) is 6.92 Å². The van der Waals surface area contributed by atoms with Gasteiger partial charge in [0.2, 0.25) is 0 Å². The highest BCUT2D eigenvalue weighted by molar-refractivity contribution is 7.17. The molecule has 3 aromatic rings. The Kier molecular flexibility index (Phi) is 3.72. The molecular weight excluding hydrogens is 266 g/mol. The first-order valence-electron chi connectivity index (χ1n) is 6.66. The monoisotopic (exact) mass is 283 g/mol. The molecule has 0 bridgehead atoms. The molecule has 0 unspecified atom stereocenters. The van der Waals surface area contributed by atoms with Crippen molar-refractivity contribution in [2.45, 2.75) is 20.1 Å². The first-order valence-corrected chi connectivity index (χ1v) is 7.54. The van der Waals surface area contributed by atoms with E-state index in [1.165, 1.54) is 21.2 Å². The molecule has 0 saturated carbocycles. The zero-order chi connectivity index (χ0) is 13.9. The van der Waals surface area contributed by atoms with E-state index < -0.39 is 0 Å². The summed E-state index contributed by atoms with van der Waals surface area (Å²) >= 11 is 1.75. The van der Waals surface area contributed by atoms with Crippen LogP contribution in [0.25, 0.3) is 10.1 Å². The standard InChI is InChI=1S/C17H17NOS/c1-12-5-2-3-7-15(12)19-10-14-11-20-16-8-4-6-13(9-18)17(14)16/h2-8,11H,9-10,18H2,1H3. The van der Waals surface area contributed by atoms with E-state index in [2.05, 4.69) is 36.6 Å². The summed E-state index contributed by atoms with van der Waals surface area (Å²) in [6.07, 6.45) is 0. The van der Waals surface area contributed by atoms with Gasteiger partial charge in [0.15, 0.2) is 0 Å². The molecule has 1 heterocycles. The van der Waals surface area contributed by atoms with Gasteiger partial charge in [-0.05, 0) is 35.6 Å². The maximum absolute atomic E-state index is 5.95. The van der Waals surface area contributed by atoms with Gasteiger partial charge in [-0.1, -0.05) is 30.3 Å². The van der Waals surface area contributed by atoms with Crippen LogP contribution in [-0.4, -0.2) is 0 Å². The molecular formula is C17H17NOS. The van der Waals surface area contributed by atoms with Crippen LogP contribution in [0.1, 0.15) is 16.7 Å². The van der Waals surface area contributed by atoms with Crippen molar-refractivity contribution in [3.05, 3.63) is 64.5 Å². The Morgan fingerprint density at radius 2 is 1.90 bits per heavy atom. The SMILES string of the molecule is Cc1ccccc1OCc1csc2cccc(CN)c12. The van der Waals surface area contributed by atoms with Crippen molar-refractivity contribution in [1.82, 2.24) is 0 Å². The zero-order valence-electron chi connectivity index (χ0n) is 11.4. The molecule has 102 valence electrons. The number of para-hydroxylation sites is 1. The molecule has 0 spiro atoms. The topological polar surface area (TPSA) is 35.2 Å². The predicted molar refractivity (Wildman–Crippen MR) is 85.2 cm³/mol. The Hall–Kier alpha value is -1.84. The molecule has 3 rings (SSSR count). The van der Waals surface area contributed by atoms with Crippen molar-refractivity contribution in [2.24, 2.45) is 5.73 Å². The molecule has 2 aromatic carbocycles. The van der Waals surface area contributed by atoms with E-state index in [1.807, 2.05) is 18.2 Å². The molecule has 0 aliphatic carbocycles. The third-order valence-electron chi connectivity index (χ3n) is 3.46. The van der Waals surface area contributed by atoms with Crippen LogP contribution in [0.2, 0.25) is 0 Å². The van der Waals surface area contributed by atoms with Gasteiger partial charge in [0.05, 0.1) is 0 Å². The van der Waals surface area contributed by atoms with Gasteiger partial charge < -0.3 is 10.5 Å². The van der Waals surface area contributed by atoms with Gasteiger partial charge in [-0.25, -0.2) is 0 Å². The second-order valence-corrected chi connectivity index (χ2v) is 5.72. The number of thiophene rings is 1. The summed E-state index contributed by atoms with van der Waals surface area (Å²) in [7, 11) is 0. The largest absolute Gasteiger partial charge is 0.489 e. The highest BCUT2D eigenvalue weighted by Gasteiger charge is 2.09. The number of fused-ring (bicyclic) bond motifs is 1. The number of aryl methyl sites for hydroxylation is 1. The summed E-state index contributed by atoms with van der Waals surface area (Å²) in [5.74, 6) is 0.942. The Morgan fingerprint density at radius 3 is 2.70 bits per heavy atom. The predicted octanol–water partition coefficient (Wildman–Crippen LogP) is 4.25. The minimum atomic E-state index is 0.561. The molecule has 2 nitrogen and oxygen atoms in total. The molecule has 2 N–H and O–H groups in total. The van der Waals surface area contributed by atoms with Gasteiger partial charge in [-0.3, -0.25) is 0 Å². The number of nitrogens with two attached hydrogens (primary N) is 1. The van der Waals surface area contributed by atoms with E-state index in [0.717, 1.165) is 11.3 Å². The fourth-order valence-corrected chi connectivity index (χ4v) is 3.38. The summed E-state index contributed by atoms with van der Waals surface area (Å²) in [4.78, 5) is 0. The number of ether oxygens (including phenoxy) is 1. The Bertz CT molecular complexity index is 733. The van der Waals surface area contributed by atoms with Crippen LogP contribution < -0.4 is 10.5 Å². The van der Waals surface area contributed by atoms with E-state index in [-0.39, 0.29) is 0 Å². The van der Waals surface area contributed by atoms with Gasteiger partial charge >= 0.3 is 0 Å². The zero-order valence-corrected chi connectivity index (χ0v) is 12.2. The molecule has 0 aliphatic heterocycles. The van der Waals surface area contributed by atoms with Crippen molar-refractivity contribution in [3.63, 3.8) is 0 Å². The summed E-state index contributed by atoms with van der Waals surface area (Å²) in [5.41, 5.74) is 9.40. The summed E-state index contributed by atoms with van der Waals surface area (Å²) in [6.45, 7) is 3.21. The van der Waals surface area contributed by atoms with Crippen LogP contribution in [0.4, 0.5) is 0 Å². The third-order valence-corrected chi connectivity index (χ3v) is 4.45. The normalized spacial score (nSPS) is 10.9. The lowest BCUT2D eigenvalue weighted by Gasteiger charge is -2.09. The van der Waals surface area contributed by atoms with Crippen molar-refractivity contribution >= 4 is 21.4 Å². The molecule has 0 radical (unpaired) electrons. The number of hydrogen-bond acceptors (Lipinski definition) is 3. The van der Waals surface area contributed by atoms with Crippen LogP contribution in [-0.2, 0) is 13.2 Å². The molecule has 0 saturated heterocycles. The molecule has 0 fully saturated rings. The van der Waals surface area contributed by atoms with Gasteiger partial charge in [-0.15, -0.1) is 11.3 Å². The van der Waals surface area contributed by atoms with E-state index >= 15 is 0 Å². The highest BCUT2D eigenvalue weighted by Crippen LogP contribution is 2.30. The van der Waals surface area contributed by atoms with E-state index in [9.17, 15) is 0 Å². The summed E-state index contributed by atoms with van der Waals surface area (Å²) in [6, 6.07) is 14.4. The Labute approximate surface area is 122 Å². The van der Waals surface area contributed by atoms with Crippen LogP contribution >= 0.6 is 11.3 Å². The summed E-state index contributed by atoms with van der Waals surface area (Å²) < 4.78 is 7.23. The maximum Gasteiger partial charge on any atom is 0.122 e. The quantitative estimate of drug-likeness (QED) is 0.777. The summed E-state index contributed by atoms with van der Waals surface area (Å²) in [5, 5.41) is 3.43. The average molecular weight is 283 g/mol. The second-order valence-electron chi connectivity index (χ2n) is 4.81. The van der Waals surface area contributed by atoms with Crippen LogP contribution in [0.15, 0.2) is 47.8 Å². The maximum atomic E-state index is 5.95. The first-order chi connectivity index (χ1) is 9.79. The first kappa shape index (κ1) is 13.2. The van der Waals surface area contributed by atoms with E-state index in [4.69, 9.17) is 10.5 Å².